The van der Waals surface area contributed by atoms with Gasteiger partial charge in [-0.3, -0.25) is 0 Å². The number of halogens is 1. The van der Waals surface area contributed by atoms with E-state index in [4.69, 9.17) is 18.6 Å². The average molecular weight is 398 g/mol. The van der Waals surface area contributed by atoms with E-state index in [9.17, 15) is 14.0 Å². The van der Waals surface area contributed by atoms with Crippen molar-refractivity contribution in [1.82, 2.24) is 0 Å². The van der Waals surface area contributed by atoms with Crippen LogP contribution >= 0.6 is 0 Å². The van der Waals surface area contributed by atoms with E-state index in [-0.39, 0.29) is 17.9 Å². The molecule has 2 aromatic carbocycles. The molecule has 0 unspecified atom stereocenters. The Labute approximate surface area is 166 Å². The van der Waals surface area contributed by atoms with E-state index in [1.807, 2.05) is 12.1 Å². The average Bonchev–Trinajstić information content (AvgIpc) is 3.11. The van der Waals surface area contributed by atoms with Crippen LogP contribution in [0.25, 0.3) is 21.9 Å². The first-order chi connectivity index (χ1) is 14.0. The van der Waals surface area contributed by atoms with Gasteiger partial charge in [0.05, 0.1) is 13.7 Å². The van der Waals surface area contributed by atoms with Crippen LogP contribution in [-0.4, -0.2) is 25.7 Å². The molecule has 150 valence electrons. The molecule has 6 nitrogen and oxygen atoms in total. The fraction of sp³-hybridized carbons (Fsp3) is 0.182. The highest BCUT2D eigenvalue weighted by Gasteiger charge is 2.20. The second-order valence-electron chi connectivity index (χ2n) is 6.09. The highest BCUT2D eigenvalue weighted by molar-refractivity contribution is 6.07. The van der Waals surface area contributed by atoms with E-state index in [2.05, 4.69) is 13.2 Å². The predicted octanol–water partition coefficient (Wildman–Crippen LogP) is 4.49. The lowest BCUT2D eigenvalue weighted by molar-refractivity contribution is -0.137. The first-order valence-electron chi connectivity index (χ1n) is 8.84. The fourth-order valence-electron chi connectivity index (χ4n) is 3.01. The Morgan fingerprint density at radius 1 is 1.07 bits per heavy atom. The number of fused-ring (bicyclic) bond motifs is 3. The van der Waals surface area contributed by atoms with Crippen LogP contribution in [0.5, 0.6) is 11.5 Å². The van der Waals surface area contributed by atoms with Crippen LogP contribution in [0.15, 0.2) is 54.0 Å². The molecule has 0 radical (unpaired) electrons. The molecule has 0 amide bonds. The lowest BCUT2D eigenvalue weighted by atomic mass is 10.0. The molecule has 0 bridgehead atoms. The normalized spacial score (nSPS) is 10.7. The van der Waals surface area contributed by atoms with Gasteiger partial charge >= 0.3 is 11.9 Å². The molecule has 0 atom stereocenters. The summed E-state index contributed by atoms with van der Waals surface area (Å²) in [6.45, 7) is 6.87. The molecule has 3 rings (SSSR count). The molecule has 29 heavy (non-hydrogen) atoms. The molecule has 0 spiro atoms. The third-order valence-corrected chi connectivity index (χ3v) is 4.33. The Hall–Kier alpha value is -3.61. The van der Waals surface area contributed by atoms with Crippen molar-refractivity contribution in [3.63, 3.8) is 0 Å². The summed E-state index contributed by atoms with van der Waals surface area (Å²) in [5.74, 6) is -1.80. The van der Waals surface area contributed by atoms with Gasteiger partial charge in [0.1, 0.15) is 0 Å². The van der Waals surface area contributed by atoms with Gasteiger partial charge in [-0.2, -0.15) is 4.39 Å². The first kappa shape index (κ1) is 20.1. The van der Waals surface area contributed by atoms with Gasteiger partial charge in [0.2, 0.25) is 5.82 Å². The van der Waals surface area contributed by atoms with Gasteiger partial charge in [0.25, 0.3) is 0 Å². The topological polar surface area (TPSA) is 75.0 Å². The standard InChI is InChI=1S/C22H19FO6/c1-4-17(24)27-12-6-7-13-8-9-15-14-10-11-16(28-18(25)5-2)19(23)21(14)29-22(15)20(13)26-3/h4-5,8-11H,1-2,6-7,12H2,3H3. The van der Waals surface area contributed by atoms with E-state index in [0.717, 1.165) is 17.7 Å². The summed E-state index contributed by atoms with van der Waals surface area (Å²) >= 11 is 0. The smallest absolute Gasteiger partial charge is 0.335 e. The van der Waals surface area contributed by atoms with Crippen LogP contribution in [0.1, 0.15) is 12.0 Å². The molecule has 0 saturated carbocycles. The second kappa shape index (κ2) is 8.60. The summed E-state index contributed by atoms with van der Waals surface area (Å²) in [4.78, 5) is 22.5. The molecule has 0 aliphatic rings. The minimum atomic E-state index is -0.783. The maximum absolute atomic E-state index is 14.8. The quantitative estimate of drug-likeness (QED) is 0.241. The zero-order valence-corrected chi connectivity index (χ0v) is 15.8. The number of benzene rings is 2. The van der Waals surface area contributed by atoms with Crippen molar-refractivity contribution in [1.29, 1.82) is 0 Å². The highest BCUT2D eigenvalue weighted by atomic mass is 19.1. The predicted molar refractivity (Wildman–Crippen MR) is 106 cm³/mol. The second-order valence-corrected chi connectivity index (χ2v) is 6.09. The van der Waals surface area contributed by atoms with Crippen molar-refractivity contribution in [2.45, 2.75) is 12.8 Å². The minimum Gasteiger partial charge on any atom is -0.493 e. The van der Waals surface area contributed by atoms with Crippen molar-refractivity contribution >= 4 is 33.9 Å². The maximum atomic E-state index is 14.8. The lowest BCUT2D eigenvalue weighted by Crippen LogP contribution is -2.04. The zero-order chi connectivity index (χ0) is 21.0. The number of rotatable bonds is 8. The zero-order valence-electron chi connectivity index (χ0n) is 15.8. The van der Waals surface area contributed by atoms with Gasteiger partial charge in [-0.05, 0) is 36.6 Å². The number of carbonyl (C=O) groups is 2. The molecule has 1 heterocycles. The fourth-order valence-corrected chi connectivity index (χ4v) is 3.01. The number of aryl methyl sites for hydroxylation is 1. The third kappa shape index (κ3) is 3.99. The van der Waals surface area contributed by atoms with Crippen LogP contribution in [0, 0.1) is 5.82 Å². The molecule has 0 fully saturated rings. The van der Waals surface area contributed by atoms with Gasteiger partial charge in [-0.25, -0.2) is 9.59 Å². The third-order valence-electron chi connectivity index (χ3n) is 4.33. The number of hydrogen-bond acceptors (Lipinski definition) is 6. The van der Waals surface area contributed by atoms with Crippen LogP contribution in [0.2, 0.25) is 0 Å². The number of ether oxygens (including phenoxy) is 3. The van der Waals surface area contributed by atoms with Gasteiger partial charge in [-0.15, -0.1) is 0 Å². The molecular formula is C22H19FO6. The number of carbonyl (C=O) groups excluding carboxylic acids is 2. The summed E-state index contributed by atoms with van der Waals surface area (Å²) in [6.07, 6.45) is 3.18. The van der Waals surface area contributed by atoms with Crippen molar-refractivity contribution in [2.75, 3.05) is 13.7 Å². The first-order valence-corrected chi connectivity index (χ1v) is 8.84. The Morgan fingerprint density at radius 2 is 1.76 bits per heavy atom. The lowest BCUT2D eigenvalue weighted by Gasteiger charge is -2.09. The van der Waals surface area contributed by atoms with E-state index in [1.54, 1.807) is 6.07 Å². The summed E-state index contributed by atoms with van der Waals surface area (Å²) in [5, 5.41) is 1.19. The van der Waals surface area contributed by atoms with Gasteiger partial charge in [0.15, 0.2) is 22.7 Å². The van der Waals surface area contributed by atoms with Crippen molar-refractivity contribution in [2.24, 2.45) is 0 Å². The van der Waals surface area contributed by atoms with Crippen LogP contribution < -0.4 is 9.47 Å². The summed E-state index contributed by atoms with van der Waals surface area (Å²) in [5.41, 5.74) is 1.17. The highest BCUT2D eigenvalue weighted by Crippen LogP contribution is 2.40. The Bertz CT molecular complexity index is 1110. The largest absolute Gasteiger partial charge is 0.493 e. The van der Waals surface area contributed by atoms with Gasteiger partial charge < -0.3 is 18.6 Å². The maximum Gasteiger partial charge on any atom is 0.335 e. The summed E-state index contributed by atoms with van der Waals surface area (Å²) in [7, 11) is 1.50. The monoisotopic (exact) mass is 398 g/mol. The summed E-state index contributed by atoms with van der Waals surface area (Å²) in [6, 6.07) is 6.64. The van der Waals surface area contributed by atoms with Crippen molar-refractivity contribution in [3.8, 4) is 11.5 Å². The van der Waals surface area contributed by atoms with Crippen LogP contribution in [0.4, 0.5) is 4.39 Å². The Balaban J connectivity index is 1.96. The molecule has 0 aliphatic carbocycles. The van der Waals surface area contributed by atoms with Crippen molar-refractivity contribution in [3.05, 3.63) is 61.0 Å². The molecular weight excluding hydrogens is 379 g/mol. The SMILES string of the molecule is C=CC(=O)OCCCc1ccc2c(oc3c(F)c(OC(=O)C=C)ccc32)c1OC. The van der Waals surface area contributed by atoms with Crippen LogP contribution in [-0.2, 0) is 20.7 Å². The molecule has 0 aliphatic heterocycles. The van der Waals surface area contributed by atoms with Crippen molar-refractivity contribution < 1.29 is 32.6 Å². The minimum absolute atomic E-state index is 0.0373. The molecule has 3 aromatic rings. The number of esters is 2. The van der Waals surface area contributed by atoms with Gasteiger partial charge in [0, 0.05) is 22.9 Å². The summed E-state index contributed by atoms with van der Waals surface area (Å²) < 4.78 is 35.9. The van der Waals surface area contributed by atoms with E-state index in [0.29, 0.717) is 34.9 Å². The molecule has 0 saturated heterocycles. The number of hydrogen-bond donors (Lipinski definition) is 0. The molecule has 1 aromatic heterocycles. The molecule has 0 N–H and O–H groups in total. The van der Waals surface area contributed by atoms with E-state index >= 15 is 0 Å². The number of furan rings is 1. The molecule has 7 heteroatoms. The van der Waals surface area contributed by atoms with Crippen LogP contribution in [0.3, 0.4) is 0 Å². The Kier molecular flexibility index (Phi) is 5.97. The van der Waals surface area contributed by atoms with E-state index in [1.165, 1.54) is 13.2 Å². The van der Waals surface area contributed by atoms with Gasteiger partial charge in [-0.1, -0.05) is 19.2 Å². The Morgan fingerprint density at radius 3 is 2.45 bits per heavy atom. The van der Waals surface area contributed by atoms with E-state index < -0.39 is 17.8 Å². The number of methoxy groups -OCH3 is 1.